The van der Waals surface area contributed by atoms with E-state index in [0.717, 1.165) is 12.8 Å². The zero-order chi connectivity index (χ0) is 13.1. The summed E-state index contributed by atoms with van der Waals surface area (Å²) in [5.41, 5.74) is 0. The Morgan fingerprint density at radius 2 is 2.06 bits per heavy atom. The molecule has 0 aromatic carbocycles. The number of hydrogen-bond donors (Lipinski definition) is 1. The maximum Gasteiger partial charge on any atom is 0.325 e. The van der Waals surface area contributed by atoms with Crippen LogP contribution in [-0.2, 0) is 9.53 Å². The lowest BCUT2D eigenvalue weighted by molar-refractivity contribution is -0.139. The number of nitrogens with zero attached hydrogens (tertiary/aromatic N) is 1. The molecule has 0 atom stereocenters. The van der Waals surface area contributed by atoms with Crippen molar-refractivity contribution in [3.05, 3.63) is 12.2 Å². The SMILES string of the molecule is C/C=C\CCN(CCC)C(=O)NCC(=O)OC. The quantitative estimate of drug-likeness (QED) is 0.544. The van der Waals surface area contributed by atoms with Crippen LogP contribution in [0.25, 0.3) is 0 Å². The van der Waals surface area contributed by atoms with E-state index in [9.17, 15) is 9.59 Å². The molecule has 0 bridgehead atoms. The number of nitrogens with one attached hydrogen (secondary N) is 1. The fourth-order valence-corrected chi connectivity index (χ4v) is 1.31. The van der Waals surface area contributed by atoms with Crippen LogP contribution in [0.3, 0.4) is 0 Å². The molecule has 0 saturated heterocycles. The van der Waals surface area contributed by atoms with Crippen molar-refractivity contribution >= 4 is 12.0 Å². The van der Waals surface area contributed by atoms with Crippen LogP contribution in [0.4, 0.5) is 4.79 Å². The number of esters is 1. The molecule has 17 heavy (non-hydrogen) atoms. The van der Waals surface area contributed by atoms with Crippen LogP contribution in [-0.4, -0.2) is 43.6 Å². The third-order valence-electron chi connectivity index (χ3n) is 2.19. The Balaban J connectivity index is 4.09. The van der Waals surface area contributed by atoms with Gasteiger partial charge in [0.15, 0.2) is 0 Å². The van der Waals surface area contributed by atoms with E-state index in [4.69, 9.17) is 0 Å². The van der Waals surface area contributed by atoms with Gasteiger partial charge in [-0.05, 0) is 19.8 Å². The summed E-state index contributed by atoms with van der Waals surface area (Å²) in [5.74, 6) is -0.441. The second-order valence-electron chi connectivity index (χ2n) is 3.58. The predicted molar refractivity (Wildman–Crippen MR) is 66.7 cm³/mol. The minimum atomic E-state index is -0.441. The molecular formula is C12H22N2O3. The Morgan fingerprint density at radius 3 is 2.59 bits per heavy atom. The van der Waals surface area contributed by atoms with Gasteiger partial charge < -0.3 is 15.0 Å². The Bertz CT molecular complexity index is 264. The van der Waals surface area contributed by atoms with Crippen molar-refractivity contribution in [3.8, 4) is 0 Å². The molecule has 0 radical (unpaired) electrons. The largest absolute Gasteiger partial charge is 0.468 e. The molecular weight excluding hydrogens is 220 g/mol. The van der Waals surface area contributed by atoms with Gasteiger partial charge in [0.25, 0.3) is 0 Å². The van der Waals surface area contributed by atoms with Crippen molar-refractivity contribution in [3.63, 3.8) is 0 Å². The molecule has 0 aromatic heterocycles. The van der Waals surface area contributed by atoms with Crippen LogP contribution in [0.1, 0.15) is 26.7 Å². The minimum absolute atomic E-state index is 0.0842. The Kier molecular flexibility index (Phi) is 8.82. The Hall–Kier alpha value is -1.52. The molecule has 0 saturated carbocycles. The van der Waals surface area contributed by atoms with Crippen LogP contribution in [0, 0.1) is 0 Å². The zero-order valence-corrected chi connectivity index (χ0v) is 10.9. The van der Waals surface area contributed by atoms with Gasteiger partial charge in [-0.15, -0.1) is 0 Å². The van der Waals surface area contributed by atoms with Crippen LogP contribution in [0.2, 0.25) is 0 Å². The summed E-state index contributed by atoms with van der Waals surface area (Å²) in [6.07, 6.45) is 5.68. The second kappa shape index (κ2) is 9.69. The van der Waals surface area contributed by atoms with Crippen molar-refractivity contribution in [1.29, 1.82) is 0 Å². The van der Waals surface area contributed by atoms with Crippen LogP contribution >= 0.6 is 0 Å². The number of amides is 2. The normalized spacial score (nSPS) is 10.3. The summed E-state index contributed by atoms with van der Waals surface area (Å²) in [4.78, 5) is 24.3. The molecule has 0 rings (SSSR count). The number of allylic oxidation sites excluding steroid dienone is 1. The highest BCUT2D eigenvalue weighted by Gasteiger charge is 2.12. The van der Waals surface area contributed by atoms with Crippen molar-refractivity contribution < 1.29 is 14.3 Å². The topological polar surface area (TPSA) is 58.6 Å². The van der Waals surface area contributed by atoms with Crippen LogP contribution in [0.5, 0.6) is 0 Å². The van der Waals surface area contributed by atoms with E-state index >= 15 is 0 Å². The van der Waals surface area contributed by atoms with Gasteiger partial charge in [-0.2, -0.15) is 0 Å². The maximum absolute atomic E-state index is 11.7. The summed E-state index contributed by atoms with van der Waals surface area (Å²) in [5, 5.41) is 2.53. The average Bonchev–Trinajstić information content (AvgIpc) is 2.34. The first-order valence-electron chi connectivity index (χ1n) is 5.86. The van der Waals surface area contributed by atoms with E-state index in [-0.39, 0.29) is 12.6 Å². The molecule has 1 N–H and O–H groups in total. The molecule has 0 aliphatic carbocycles. The summed E-state index contributed by atoms with van der Waals surface area (Å²) in [7, 11) is 1.30. The van der Waals surface area contributed by atoms with Crippen LogP contribution < -0.4 is 5.32 Å². The molecule has 5 heteroatoms. The minimum Gasteiger partial charge on any atom is -0.468 e. The lowest BCUT2D eigenvalue weighted by Crippen LogP contribution is -2.43. The van der Waals surface area contributed by atoms with Gasteiger partial charge in [0.1, 0.15) is 6.54 Å². The molecule has 98 valence electrons. The highest BCUT2D eigenvalue weighted by molar-refractivity contribution is 5.80. The summed E-state index contributed by atoms with van der Waals surface area (Å²) in [6.45, 7) is 5.21. The van der Waals surface area contributed by atoms with Gasteiger partial charge in [-0.3, -0.25) is 4.79 Å². The smallest absolute Gasteiger partial charge is 0.325 e. The van der Waals surface area contributed by atoms with Crippen LogP contribution in [0.15, 0.2) is 12.2 Å². The molecule has 0 aromatic rings. The van der Waals surface area contributed by atoms with Crippen molar-refractivity contribution in [1.82, 2.24) is 10.2 Å². The maximum atomic E-state index is 11.7. The van der Waals surface area contributed by atoms with E-state index < -0.39 is 5.97 Å². The fourth-order valence-electron chi connectivity index (χ4n) is 1.31. The molecule has 5 nitrogen and oxygen atoms in total. The first kappa shape index (κ1) is 15.5. The van der Waals surface area contributed by atoms with Gasteiger partial charge in [-0.25, -0.2) is 4.79 Å². The summed E-state index contributed by atoms with van der Waals surface area (Å²) < 4.78 is 4.46. The van der Waals surface area contributed by atoms with E-state index in [1.165, 1.54) is 7.11 Å². The van der Waals surface area contributed by atoms with Gasteiger partial charge in [0.2, 0.25) is 0 Å². The zero-order valence-electron chi connectivity index (χ0n) is 10.9. The molecule has 0 spiro atoms. The second-order valence-corrected chi connectivity index (χ2v) is 3.58. The molecule has 0 fully saturated rings. The van der Waals surface area contributed by atoms with Gasteiger partial charge in [0.05, 0.1) is 7.11 Å². The monoisotopic (exact) mass is 242 g/mol. The van der Waals surface area contributed by atoms with Gasteiger partial charge in [-0.1, -0.05) is 19.1 Å². The summed E-state index contributed by atoms with van der Waals surface area (Å²) >= 11 is 0. The number of urea groups is 1. The third-order valence-corrected chi connectivity index (χ3v) is 2.19. The van der Waals surface area contributed by atoms with E-state index in [1.54, 1.807) is 4.90 Å². The van der Waals surface area contributed by atoms with Gasteiger partial charge >= 0.3 is 12.0 Å². The molecule has 0 heterocycles. The van der Waals surface area contributed by atoms with E-state index in [0.29, 0.717) is 13.1 Å². The molecule has 0 aliphatic heterocycles. The summed E-state index contributed by atoms with van der Waals surface area (Å²) in [6, 6.07) is -0.221. The van der Waals surface area contributed by atoms with Crippen molar-refractivity contribution in [2.45, 2.75) is 26.7 Å². The van der Waals surface area contributed by atoms with Crippen molar-refractivity contribution in [2.24, 2.45) is 0 Å². The molecule has 2 amide bonds. The number of carbonyl (C=O) groups is 2. The number of rotatable bonds is 7. The highest BCUT2D eigenvalue weighted by atomic mass is 16.5. The first-order chi connectivity index (χ1) is 8.15. The molecule has 0 unspecified atom stereocenters. The van der Waals surface area contributed by atoms with E-state index in [2.05, 4.69) is 10.1 Å². The number of carbonyl (C=O) groups excluding carboxylic acids is 2. The number of hydrogen-bond acceptors (Lipinski definition) is 3. The van der Waals surface area contributed by atoms with E-state index in [1.807, 2.05) is 26.0 Å². The Labute approximate surface area is 103 Å². The number of ether oxygens (including phenoxy) is 1. The Morgan fingerprint density at radius 1 is 1.35 bits per heavy atom. The average molecular weight is 242 g/mol. The lowest BCUT2D eigenvalue weighted by atomic mass is 10.3. The standard InChI is InChI=1S/C12H22N2O3/c1-4-6-7-9-14(8-5-2)12(16)13-10-11(15)17-3/h4,6H,5,7-10H2,1-3H3,(H,13,16)/b6-4-. The fraction of sp³-hybridized carbons (Fsp3) is 0.667. The third kappa shape index (κ3) is 7.38. The van der Waals surface area contributed by atoms with Crippen molar-refractivity contribution in [2.75, 3.05) is 26.7 Å². The number of methoxy groups -OCH3 is 1. The van der Waals surface area contributed by atoms with Gasteiger partial charge in [0, 0.05) is 13.1 Å². The highest BCUT2D eigenvalue weighted by Crippen LogP contribution is 1.96. The first-order valence-corrected chi connectivity index (χ1v) is 5.86. The molecule has 0 aliphatic rings. The predicted octanol–water partition coefficient (Wildman–Crippen LogP) is 1.55. The lowest BCUT2D eigenvalue weighted by Gasteiger charge is -2.21.